The average molecular weight is 354 g/mol. The maximum atomic E-state index is 10.9. The Bertz CT molecular complexity index is 614. The first-order chi connectivity index (χ1) is 9.54. The van der Waals surface area contributed by atoms with Crippen molar-refractivity contribution in [1.82, 2.24) is 0 Å². The molecule has 0 aliphatic carbocycles. The molecule has 2 N–H and O–H groups in total. The van der Waals surface area contributed by atoms with Gasteiger partial charge in [-0.1, -0.05) is 39.7 Å². The van der Waals surface area contributed by atoms with Crippen LogP contribution in [0.5, 0.6) is 0 Å². The second-order valence-corrected chi connectivity index (χ2v) is 5.68. The molecule has 0 heterocycles. The van der Waals surface area contributed by atoms with Crippen molar-refractivity contribution in [2.75, 3.05) is 10.6 Å². The second kappa shape index (κ2) is 6.77. The number of amides is 1. The van der Waals surface area contributed by atoms with Crippen LogP contribution in [0.25, 0.3) is 0 Å². The summed E-state index contributed by atoms with van der Waals surface area (Å²) in [5.41, 5.74) is 2.79. The Kier molecular flexibility index (Phi) is 5.04. The molecular formula is C15H14BrClN2O. The number of hydrogen-bond acceptors (Lipinski definition) is 2. The number of anilines is 2. The predicted molar refractivity (Wildman–Crippen MR) is 87.2 cm³/mol. The highest BCUT2D eigenvalue weighted by Gasteiger charge is 2.01. The molecule has 0 aliphatic rings. The molecule has 2 aromatic carbocycles. The minimum atomic E-state index is -0.0717. The zero-order chi connectivity index (χ0) is 14.5. The summed E-state index contributed by atoms with van der Waals surface area (Å²) in [6.45, 7) is 2.16. The topological polar surface area (TPSA) is 41.1 Å². The van der Waals surface area contributed by atoms with Crippen molar-refractivity contribution in [3.05, 3.63) is 57.5 Å². The summed E-state index contributed by atoms with van der Waals surface area (Å²) in [7, 11) is 0. The van der Waals surface area contributed by atoms with E-state index in [2.05, 4.69) is 26.6 Å². The fraction of sp³-hybridized carbons (Fsp3) is 0.133. The summed E-state index contributed by atoms with van der Waals surface area (Å²) in [4.78, 5) is 10.9. The van der Waals surface area contributed by atoms with Crippen LogP contribution in [-0.2, 0) is 11.3 Å². The lowest BCUT2D eigenvalue weighted by Crippen LogP contribution is -2.06. The molecule has 3 nitrogen and oxygen atoms in total. The Hall–Kier alpha value is -1.52. The van der Waals surface area contributed by atoms with Crippen LogP contribution in [-0.4, -0.2) is 5.91 Å². The molecule has 0 saturated carbocycles. The Morgan fingerprint density at radius 1 is 1.20 bits per heavy atom. The molecule has 104 valence electrons. The maximum absolute atomic E-state index is 10.9. The maximum Gasteiger partial charge on any atom is 0.221 e. The molecular weight excluding hydrogens is 340 g/mol. The third-order valence-corrected chi connectivity index (χ3v) is 3.49. The van der Waals surface area contributed by atoms with E-state index in [1.165, 1.54) is 6.92 Å². The third kappa shape index (κ3) is 4.25. The van der Waals surface area contributed by atoms with Crippen LogP contribution in [0.15, 0.2) is 46.9 Å². The van der Waals surface area contributed by atoms with Crippen molar-refractivity contribution in [2.45, 2.75) is 13.5 Å². The van der Waals surface area contributed by atoms with Gasteiger partial charge in [-0.3, -0.25) is 4.79 Å². The Labute approximate surface area is 131 Å². The molecule has 2 rings (SSSR count). The normalized spacial score (nSPS) is 10.2. The van der Waals surface area contributed by atoms with Gasteiger partial charge >= 0.3 is 0 Å². The summed E-state index contributed by atoms with van der Waals surface area (Å²) in [5.74, 6) is -0.0717. The van der Waals surface area contributed by atoms with Gasteiger partial charge in [-0.25, -0.2) is 0 Å². The minimum Gasteiger partial charge on any atom is -0.380 e. The lowest BCUT2D eigenvalue weighted by molar-refractivity contribution is -0.114. The predicted octanol–water partition coefficient (Wildman–Crippen LogP) is 4.67. The van der Waals surface area contributed by atoms with Crippen molar-refractivity contribution >= 4 is 44.8 Å². The molecule has 0 bridgehead atoms. The van der Waals surface area contributed by atoms with E-state index in [-0.39, 0.29) is 5.91 Å². The first-order valence-corrected chi connectivity index (χ1v) is 7.27. The van der Waals surface area contributed by atoms with Crippen molar-refractivity contribution in [1.29, 1.82) is 0 Å². The number of nitrogens with one attached hydrogen (secondary N) is 2. The summed E-state index contributed by atoms with van der Waals surface area (Å²) in [5, 5.41) is 6.69. The zero-order valence-electron chi connectivity index (χ0n) is 10.9. The van der Waals surface area contributed by atoms with Gasteiger partial charge in [0.1, 0.15) is 0 Å². The van der Waals surface area contributed by atoms with Crippen LogP contribution < -0.4 is 10.6 Å². The number of rotatable bonds is 4. The van der Waals surface area contributed by atoms with Gasteiger partial charge in [0, 0.05) is 23.6 Å². The van der Waals surface area contributed by atoms with Gasteiger partial charge in [-0.05, 0) is 35.9 Å². The molecule has 0 saturated heterocycles. The molecule has 5 heteroatoms. The Balaban J connectivity index is 1.98. The number of hydrogen-bond donors (Lipinski definition) is 2. The van der Waals surface area contributed by atoms with Crippen molar-refractivity contribution in [3.8, 4) is 0 Å². The third-order valence-electron chi connectivity index (χ3n) is 2.69. The highest BCUT2D eigenvalue weighted by molar-refractivity contribution is 9.10. The number of halogens is 2. The summed E-state index contributed by atoms with van der Waals surface area (Å²) in [6, 6.07) is 13.4. The molecule has 0 aliphatic heterocycles. The molecule has 1 amide bonds. The standard InChI is InChI=1S/C15H14BrClN2O/c1-10(20)19-13-5-2-11(3-6-13)9-18-15-7-4-12(16)8-14(15)17/h2-8,18H,9H2,1H3,(H,19,20). The number of carbonyl (C=O) groups excluding carboxylic acids is 1. The van der Waals surface area contributed by atoms with E-state index < -0.39 is 0 Å². The zero-order valence-corrected chi connectivity index (χ0v) is 13.3. The molecule has 0 spiro atoms. The van der Waals surface area contributed by atoms with E-state index in [0.29, 0.717) is 11.6 Å². The van der Waals surface area contributed by atoms with E-state index in [9.17, 15) is 4.79 Å². The van der Waals surface area contributed by atoms with Crippen molar-refractivity contribution in [3.63, 3.8) is 0 Å². The van der Waals surface area contributed by atoms with E-state index in [0.717, 1.165) is 21.4 Å². The average Bonchev–Trinajstić information content (AvgIpc) is 2.39. The van der Waals surface area contributed by atoms with E-state index in [4.69, 9.17) is 11.6 Å². The SMILES string of the molecule is CC(=O)Nc1ccc(CNc2ccc(Br)cc2Cl)cc1. The van der Waals surface area contributed by atoms with Gasteiger partial charge in [0.2, 0.25) is 5.91 Å². The quantitative estimate of drug-likeness (QED) is 0.838. The highest BCUT2D eigenvalue weighted by atomic mass is 79.9. The van der Waals surface area contributed by atoms with E-state index in [1.807, 2.05) is 42.5 Å². The van der Waals surface area contributed by atoms with Crippen molar-refractivity contribution < 1.29 is 4.79 Å². The fourth-order valence-corrected chi connectivity index (χ4v) is 2.48. The molecule has 0 unspecified atom stereocenters. The van der Waals surface area contributed by atoms with Gasteiger partial charge in [0.15, 0.2) is 0 Å². The highest BCUT2D eigenvalue weighted by Crippen LogP contribution is 2.26. The lowest BCUT2D eigenvalue weighted by Gasteiger charge is -2.09. The van der Waals surface area contributed by atoms with Crippen LogP contribution in [0.4, 0.5) is 11.4 Å². The molecule has 0 radical (unpaired) electrons. The van der Waals surface area contributed by atoms with Crippen LogP contribution in [0.1, 0.15) is 12.5 Å². The first kappa shape index (κ1) is 14.9. The molecule has 0 fully saturated rings. The fourth-order valence-electron chi connectivity index (χ4n) is 1.74. The Morgan fingerprint density at radius 2 is 1.90 bits per heavy atom. The number of benzene rings is 2. The van der Waals surface area contributed by atoms with E-state index >= 15 is 0 Å². The number of carbonyl (C=O) groups is 1. The Morgan fingerprint density at radius 3 is 2.50 bits per heavy atom. The summed E-state index contributed by atoms with van der Waals surface area (Å²) in [6.07, 6.45) is 0. The smallest absolute Gasteiger partial charge is 0.221 e. The molecule has 0 aromatic heterocycles. The second-order valence-electron chi connectivity index (χ2n) is 4.36. The van der Waals surface area contributed by atoms with Crippen molar-refractivity contribution in [2.24, 2.45) is 0 Å². The lowest BCUT2D eigenvalue weighted by atomic mass is 10.2. The molecule has 0 atom stereocenters. The summed E-state index contributed by atoms with van der Waals surface area (Å²) < 4.78 is 0.952. The largest absolute Gasteiger partial charge is 0.380 e. The monoisotopic (exact) mass is 352 g/mol. The van der Waals surface area contributed by atoms with Gasteiger partial charge in [-0.2, -0.15) is 0 Å². The van der Waals surface area contributed by atoms with Crippen LogP contribution >= 0.6 is 27.5 Å². The molecule has 2 aromatic rings. The minimum absolute atomic E-state index is 0.0717. The summed E-state index contributed by atoms with van der Waals surface area (Å²) >= 11 is 9.51. The van der Waals surface area contributed by atoms with Crippen LogP contribution in [0.3, 0.4) is 0 Å². The first-order valence-electron chi connectivity index (χ1n) is 6.10. The van der Waals surface area contributed by atoms with Gasteiger partial charge in [-0.15, -0.1) is 0 Å². The van der Waals surface area contributed by atoms with E-state index in [1.54, 1.807) is 0 Å². The van der Waals surface area contributed by atoms with Gasteiger partial charge in [0.05, 0.1) is 10.7 Å². The van der Waals surface area contributed by atoms with Gasteiger partial charge < -0.3 is 10.6 Å². The van der Waals surface area contributed by atoms with Gasteiger partial charge in [0.25, 0.3) is 0 Å². The van der Waals surface area contributed by atoms with Crippen LogP contribution in [0, 0.1) is 0 Å². The molecule has 20 heavy (non-hydrogen) atoms. The van der Waals surface area contributed by atoms with Crippen LogP contribution in [0.2, 0.25) is 5.02 Å².